The first kappa shape index (κ1) is 14.6. The van der Waals surface area contributed by atoms with E-state index in [1.165, 1.54) is 0 Å². The van der Waals surface area contributed by atoms with Crippen LogP contribution in [0.3, 0.4) is 0 Å². The van der Waals surface area contributed by atoms with E-state index in [1.54, 1.807) is 6.07 Å². The molecule has 0 aliphatic heterocycles. The summed E-state index contributed by atoms with van der Waals surface area (Å²) in [6.45, 7) is 5.81. The van der Waals surface area contributed by atoms with E-state index in [4.69, 9.17) is 5.73 Å². The van der Waals surface area contributed by atoms with Gasteiger partial charge in [0.25, 0.3) is 5.91 Å². The number of nitrogens with two attached hydrogens (primary N) is 1. The number of nitrogen functional groups attached to an aromatic ring is 1. The third kappa shape index (κ3) is 3.02. The molecule has 104 valence electrons. The number of anilines is 2. The second-order valence-electron chi connectivity index (χ2n) is 4.94. The molecule has 3 N–H and O–H groups in total. The van der Waals surface area contributed by atoms with Crippen LogP contribution in [-0.2, 0) is 0 Å². The van der Waals surface area contributed by atoms with Crippen LogP contribution in [0.1, 0.15) is 27.0 Å². The van der Waals surface area contributed by atoms with E-state index in [0.29, 0.717) is 5.56 Å². The van der Waals surface area contributed by atoms with Crippen molar-refractivity contribution < 1.29 is 4.79 Å². The molecular formula is C16H17BrN2O. The molecule has 4 heteroatoms. The van der Waals surface area contributed by atoms with Crippen LogP contribution < -0.4 is 11.1 Å². The predicted molar refractivity (Wildman–Crippen MR) is 87.2 cm³/mol. The van der Waals surface area contributed by atoms with Crippen LogP contribution in [0.15, 0.2) is 34.8 Å². The Hall–Kier alpha value is -1.81. The van der Waals surface area contributed by atoms with E-state index in [0.717, 1.165) is 32.5 Å². The van der Waals surface area contributed by atoms with E-state index in [9.17, 15) is 4.79 Å². The number of aryl methyl sites for hydroxylation is 3. The van der Waals surface area contributed by atoms with Gasteiger partial charge in [-0.15, -0.1) is 0 Å². The summed E-state index contributed by atoms with van der Waals surface area (Å²) < 4.78 is 0.994. The zero-order valence-electron chi connectivity index (χ0n) is 11.8. The van der Waals surface area contributed by atoms with Crippen molar-refractivity contribution in [3.05, 3.63) is 57.1 Å². The summed E-state index contributed by atoms with van der Waals surface area (Å²) >= 11 is 3.43. The van der Waals surface area contributed by atoms with Crippen LogP contribution in [0.25, 0.3) is 0 Å². The summed E-state index contributed by atoms with van der Waals surface area (Å²) in [6, 6.07) is 9.31. The lowest BCUT2D eigenvalue weighted by molar-refractivity contribution is 0.102. The van der Waals surface area contributed by atoms with Crippen molar-refractivity contribution >= 4 is 33.2 Å². The van der Waals surface area contributed by atoms with Crippen LogP contribution in [0.2, 0.25) is 0 Å². The maximum Gasteiger partial charge on any atom is 0.255 e. The molecule has 0 saturated carbocycles. The van der Waals surface area contributed by atoms with E-state index >= 15 is 0 Å². The molecule has 2 aromatic rings. The summed E-state index contributed by atoms with van der Waals surface area (Å²) in [4.78, 5) is 12.3. The Balaban J connectivity index is 2.27. The van der Waals surface area contributed by atoms with Crippen molar-refractivity contribution in [3.63, 3.8) is 0 Å². The average Bonchev–Trinajstić information content (AvgIpc) is 2.39. The molecule has 0 heterocycles. The standard InChI is InChI=1S/C16H17BrN2O/c1-9-6-12(4-5-13(9)17)16(20)19-15-8-10(2)14(18)7-11(15)3/h4-8H,18H2,1-3H3,(H,19,20). The number of amides is 1. The molecule has 2 rings (SSSR count). The number of rotatable bonds is 2. The molecule has 3 nitrogen and oxygen atoms in total. The quantitative estimate of drug-likeness (QED) is 0.809. The Morgan fingerprint density at radius 2 is 1.75 bits per heavy atom. The first-order valence-corrected chi connectivity index (χ1v) is 7.12. The van der Waals surface area contributed by atoms with Gasteiger partial charge in [0.2, 0.25) is 0 Å². The van der Waals surface area contributed by atoms with Crippen molar-refractivity contribution in [2.75, 3.05) is 11.1 Å². The lowest BCUT2D eigenvalue weighted by Crippen LogP contribution is -2.13. The van der Waals surface area contributed by atoms with Crippen molar-refractivity contribution in [3.8, 4) is 0 Å². The van der Waals surface area contributed by atoms with Crippen LogP contribution >= 0.6 is 15.9 Å². The Morgan fingerprint density at radius 3 is 2.40 bits per heavy atom. The molecule has 0 saturated heterocycles. The summed E-state index contributed by atoms with van der Waals surface area (Å²) in [5.41, 5.74) is 11.0. The summed E-state index contributed by atoms with van der Waals surface area (Å²) in [7, 11) is 0. The second-order valence-corrected chi connectivity index (χ2v) is 5.80. The zero-order chi connectivity index (χ0) is 14.9. The van der Waals surface area contributed by atoms with Crippen LogP contribution in [0.4, 0.5) is 11.4 Å². The number of halogens is 1. The molecule has 0 fully saturated rings. The minimum absolute atomic E-state index is 0.118. The van der Waals surface area contributed by atoms with Crippen molar-refractivity contribution in [1.29, 1.82) is 0 Å². The van der Waals surface area contributed by atoms with Crippen molar-refractivity contribution in [2.45, 2.75) is 20.8 Å². The fourth-order valence-corrected chi connectivity index (χ4v) is 2.20. The summed E-state index contributed by atoms with van der Waals surface area (Å²) in [5.74, 6) is -0.118. The molecule has 0 atom stereocenters. The highest BCUT2D eigenvalue weighted by atomic mass is 79.9. The smallest absolute Gasteiger partial charge is 0.255 e. The highest BCUT2D eigenvalue weighted by Crippen LogP contribution is 2.23. The van der Waals surface area contributed by atoms with E-state index in [1.807, 2.05) is 45.0 Å². The maximum absolute atomic E-state index is 12.3. The predicted octanol–water partition coefficient (Wildman–Crippen LogP) is 4.21. The monoisotopic (exact) mass is 332 g/mol. The number of carbonyl (C=O) groups excluding carboxylic acids is 1. The molecule has 0 aliphatic rings. The van der Waals surface area contributed by atoms with Crippen LogP contribution in [0, 0.1) is 20.8 Å². The van der Waals surface area contributed by atoms with Gasteiger partial charge in [0.15, 0.2) is 0 Å². The molecule has 0 unspecified atom stereocenters. The topological polar surface area (TPSA) is 55.1 Å². The minimum Gasteiger partial charge on any atom is -0.399 e. The molecule has 0 radical (unpaired) electrons. The van der Waals surface area contributed by atoms with Gasteiger partial charge in [0.05, 0.1) is 0 Å². The molecule has 0 spiro atoms. The van der Waals surface area contributed by atoms with Gasteiger partial charge in [-0.25, -0.2) is 0 Å². The first-order chi connectivity index (χ1) is 9.38. The summed E-state index contributed by atoms with van der Waals surface area (Å²) in [5, 5.41) is 2.93. The second kappa shape index (κ2) is 5.67. The highest BCUT2D eigenvalue weighted by molar-refractivity contribution is 9.10. The lowest BCUT2D eigenvalue weighted by atomic mass is 10.1. The molecule has 1 amide bonds. The van der Waals surface area contributed by atoms with E-state index in [2.05, 4.69) is 21.2 Å². The van der Waals surface area contributed by atoms with E-state index < -0.39 is 0 Å². The largest absolute Gasteiger partial charge is 0.399 e. The maximum atomic E-state index is 12.3. The first-order valence-electron chi connectivity index (χ1n) is 6.32. The highest BCUT2D eigenvalue weighted by Gasteiger charge is 2.10. The minimum atomic E-state index is -0.118. The lowest BCUT2D eigenvalue weighted by Gasteiger charge is -2.12. The third-order valence-corrected chi connectivity index (χ3v) is 4.17. The van der Waals surface area contributed by atoms with Gasteiger partial charge < -0.3 is 11.1 Å². The number of hydrogen-bond acceptors (Lipinski definition) is 2. The fraction of sp³-hybridized carbons (Fsp3) is 0.188. The summed E-state index contributed by atoms with van der Waals surface area (Å²) in [6.07, 6.45) is 0. The van der Waals surface area contributed by atoms with Crippen LogP contribution in [0.5, 0.6) is 0 Å². The molecule has 20 heavy (non-hydrogen) atoms. The normalized spacial score (nSPS) is 10.4. The van der Waals surface area contributed by atoms with Gasteiger partial charge in [0, 0.05) is 21.4 Å². The molecule has 0 aromatic heterocycles. The third-order valence-electron chi connectivity index (χ3n) is 3.28. The van der Waals surface area contributed by atoms with Crippen LogP contribution in [-0.4, -0.2) is 5.91 Å². The number of benzene rings is 2. The Labute approximate surface area is 127 Å². The zero-order valence-corrected chi connectivity index (χ0v) is 13.3. The Morgan fingerprint density at radius 1 is 1.05 bits per heavy atom. The Kier molecular flexibility index (Phi) is 4.14. The van der Waals surface area contributed by atoms with E-state index in [-0.39, 0.29) is 5.91 Å². The van der Waals surface area contributed by atoms with Crippen molar-refractivity contribution in [2.24, 2.45) is 0 Å². The van der Waals surface area contributed by atoms with Gasteiger partial charge in [-0.3, -0.25) is 4.79 Å². The molecule has 0 aliphatic carbocycles. The number of carbonyl (C=O) groups is 1. The van der Waals surface area contributed by atoms with Gasteiger partial charge in [0.1, 0.15) is 0 Å². The SMILES string of the molecule is Cc1cc(NC(=O)c2ccc(Br)c(C)c2)c(C)cc1N. The van der Waals surface area contributed by atoms with Gasteiger partial charge in [-0.05, 0) is 67.8 Å². The molecule has 0 bridgehead atoms. The van der Waals surface area contributed by atoms with Gasteiger partial charge in [-0.2, -0.15) is 0 Å². The molecule has 2 aromatic carbocycles. The van der Waals surface area contributed by atoms with Crippen molar-refractivity contribution in [1.82, 2.24) is 0 Å². The number of nitrogens with one attached hydrogen (secondary N) is 1. The number of hydrogen-bond donors (Lipinski definition) is 2. The Bertz CT molecular complexity index is 680. The van der Waals surface area contributed by atoms with Gasteiger partial charge >= 0.3 is 0 Å². The molecular weight excluding hydrogens is 316 g/mol. The van der Waals surface area contributed by atoms with Gasteiger partial charge in [-0.1, -0.05) is 15.9 Å². The fourth-order valence-electron chi connectivity index (χ4n) is 1.95. The average molecular weight is 333 g/mol.